The Balaban J connectivity index is 1.86. The fourth-order valence-electron chi connectivity index (χ4n) is 2.86. The van der Waals surface area contributed by atoms with E-state index in [1.807, 2.05) is 0 Å². The van der Waals surface area contributed by atoms with Gasteiger partial charge in [-0.1, -0.05) is 24.4 Å². The first kappa shape index (κ1) is 18.3. The Bertz CT molecular complexity index is 819. The van der Waals surface area contributed by atoms with Crippen molar-refractivity contribution in [3.63, 3.8) is 0 Å². The zero-order valence-corrected chi connectivity index (χ0v) is 14.6. The molecule has 138 valence electrons. The lowest BCUT2D eigenvalue weighted by Crippen LogP contribution is -2.43. The summed E-state index contributed by atoms with van der Waals surface area (Å²) in [5.41, 5.74) is 11.7. The lowest BCUT2D eigenvalue weighted by atomic mass is 9.91. The van der Waals surface area contributed by atoms with E-state index in [4.69, 9.17) is 23.1 Å². The molecule has 6 N–H and O–H groups in total. The molecule has 1 amide bonds. The normalized spacial score (nSPS) is 19.8. The zero-order valence-electron chi connectivity index (χ0n) is 13.9. The number of amides is 1. The van der Waals surface area contributed by atoms with Gasteiger partial charge in [0, 0.05) is 17.8 Å². The number of primary amides is 1. The third-order valence-corrected chi connectivity index (χ3v) is 4.53. The van der Waals surface area contributed by atoms with Crippen LogP contribution in [0.2, 0.25) is 5.02 Å². The van der Waals surface area contributed by atoms with Crippen LogP contribution in [0.15, 0.2) is 18.2 Å². The molecule has 3 rings (SSSR count). The van der Waals surface area contributed by atoms with E-state index in [0.717, 1.165) is 25.7 Å². The summed E-state index contributed by atoms with van der Waals surface area (Å²) in [5, 5.41) is 13.7. The van der Waals surface area contributed by atoms with E-state index in [-0.39, 0.29) is 34.6 Å². The van der Waals surface area contributed by atoms with Crippen molar-refractivity contribution in [2.75, 3.05) is 10.6 Å². The predicted molar refractivity (Wildman–Crippen MR) is 96.9 cm³/mol. The van der Waals surface area contributed by atoms with E-state index in [1.54, 1.807) is 0 Å². The second kappa shape index (κ2) is 7.79. The molecular formula is C16H19ClFN7O. The van der Waals surface area contributed by atoms with Gasteiger partial charge in [0.15, 0.2) is 11.5 Å². The number of nitrogens with zero attached hydrogens (tertiary/aromatic N) is 3. The first-order chi connectivity index (χ1) is 12.4. The Labute approximate surface area is 154 Å². The number of carbonyl (C=O) groups excluding carboxylic acids is 1. The van der Waals surface area contributed by atoms with Gasteiger partial charge in [0.05, 0.1) is 5.02 Å². The highest BCUT2D eigenvalue weighted by Crippen LogP contribution is 2.24. The van der Waals surface area contributed by atoms with Crippen molar-refractivity contribution in [2.45, 2.75) is 37.8 Å². The molecule has 0 aliphatic heterocycles. The van der Waals surface area contributed by atoms with Gasteiger partial charge in [-0.2, -0.15) is 4.98 Å². The Hall–Kier alpha value is -2.52. The largest absolute Gasteiger partial charge is 0.364 e. The van der Waals surface area contributed by atoms with Gasteiger partial charge in [-0.3, -0.25) is 4.79 Å². The molecule has 10 heteroatoms. The van der Waals surface area contributed by atoms with Crippen LogP contribution in [0.4, 0.5) is 21.8 Å². The Morgan fingerprint density at radius 3 is 2.73 bits per heavy atom. The van der Waals surface area contributed by atoms with Gasteiger partial charge in [-0.15, -0.1) is 10.2 Å². The summed E-state index contributed by atoms with van der Waals surface area (Å²) in [6.07, 6.45) is 3.98. The minimum absolute atomic E-state index is 0.00418. The van der Waals surface area contributed by atoms with Crippen molar-refractivity contribution in [3.05, 3.63) is 34.7 Å². The van der Waals surface area contributed by atoms with Crippen LogP contribution in [-0.4, -0.2) is 33.2 Å². The van der Waals surface area contributed by atoms with Crippen molar-refractivity contribution in [1.29, 1.82) is 0 Å². The highest BCUT2D eigenvalue weighted by molar-refractivity contribution is 6.31. The van der Waals surface area contributed by atoms with Crippen LogP contribution in [-0.2, 0) is 0 Å². The van der Waals surface area contributed by atoms with Gasteiger partial charge in [-0.05, 0) is 31.0 Å². The van der Waals surface area contributed by atoms with Crippen molar-refractivity contribution >= 4 is 35.0 Å². The number of nitrogens with two attached hydrogens (primary N) is 2. The molecule has 2 aromatic rings. The molecule has 0 saturated heterocycles. The van der Waals surface area contributed by atoms with E-state index in [0.29, 0.717) is 5.69 Å². The van der Waals surface area contributed by atoms with Gasteiger partial charge in [0.1, 0.15) is 5.82 Å². The predicted octanol–water partition coefficient (Wildman–Crippen LogP) is 2.19. The summed E-state index contributed by atoms with van der Waals surface area (Å²) in [5.74, 6) is -1.02. The number of halogens is 2. The first-order valence-corrected chi connectivity index (χ1v) is 8.60. The molecule has 0 spiro atoms. The summed E-state index contributed by atoms with van der Waals surface area (Å²) >= 11 is 5.78. The first-order valence-electron chi connectivity index (χ1n) is 8.23. The fraction of sp³-hybridized carbons (Fsp3) is 0.375. The molecule has 1 heterocycles. The number of hydrogen-bond acceptors (Lipinski definition) is 7. The molecule has 1 aromatic heterocycles. The molecule has 0 radical (unpaired) electrons. The van der Waals surface area contributed by atoms with Gasteiger partial charge in [0.25, 0.3) is 5.91 Å². The van der Waals surface area contributed by atoms with Crippen LogP contribution in [0.5, 0.6) is 0 Å². The highest BCUT2D eigenvalue weighted by Gasteiger charge is 2.23. The van der Waals surface area contributed by atoms with Gasteiger partial charge < -0.3 is 22.1 Å². The number of hydrogen-bond donors (Lipinski definition) is 4. The summed E-state index contributed by atoms with van der Waals surface area (Å²) in [6.45, 7) is 0. The maximum Gasteiger partial charge on any atom is 0.273 e. The van der Waals surface area contributed by atoms with Crippen LogP contribution < -0.4 is 22.1 Å². The molecule has 0 bridgehead atoms. The van der Waals surface area contributed by atoms with E-state index < -0.39 is 11.7 Å². The average Bonchev–Trinajstić information content (AvgIpc) is 2.60. The molecule has 1 aliphatic carbocycles. The maximum absolute atomic E-state index is 13.3. The number of aromatic nitrogens is 3. The topological polar surface area (TPSA) is 132 Å². The molecular weight excluding hydrogens is 361 g/mol. The Morgan fingerprint density at radius 2 is 2.04 bits per heavy atom. The molecule has 1 aromatic carbocycles. The SMILES string of the molecule is NC(=O)c1nnc(N[C@@H]2CCCC[C@@H]2N)nc1Nc1ccc(F)c(Cl)c1. The van der Waals surface area contributed by atoms with Crippen molar-refractivity contribution in [1.82, 2.24) is 15.2 Å². The van der Waals surface area contributed by atoms with E-state index in [2.05, 4.69) is 25.8 Å². The summed E-state index contributed by atoms with van der Waals surface area (Å²) in [7, 11) is 0. The second-order valence-electron chi connectivity index (χ2n) is 6.15. The zero-order chi connectivity index (χ0) is 18.7. The van der Waals surface area contributed by atoms with Crippen molar-refractivity contribution < 1.29 is 9.18 Å². The number of anilines is 3. The standard InChI is InChI=1S/C16H19ClFN7O/c17-9-7-8(5-6-10(9)18)21-15-13(14(20)26)24-25-16(23-15)22-12-4-2-1-3-11(12)19/h5-7,11-12H,1-4,19H2,(H2,20,26)(H2,21,22,23,25)/t11-,12+/m0/s1. The lowest BCUT2D eigenvalue weighted by molar-refractivity contribution is 0.0995. The van der Waals surface area contributed by atoms with Crippen LogP contribution in [0.3, 0.4) is 0 Å². The highest BCUT2D eigenvalue weighted by atomic mass is 35.5. The van der Waals surface area contributed by atoms with Gasteiger partial charge >= 0.3 is 0 Å². The van der Waals surface area contributed by atoms with E-state index >= 15 is 0 Å². The summed E-state index contributed by atoms with van der Waals surface area (Å²) in [4.78, 5) is 15.9. The van der Waals surface area contributed by atoms with Crippen molar-refractivity contribution in [3.8, 4) is 0 Å². The Kier molecular flexibility index (Phi) is 5.48. The molecule has 2 atom stereocenters. The molecule has 1 saturated carbocycles. The summed E-state index contributed by atoms with van der Waals surface area (Å²) in [6, 6.07) is 4.05. The number of nitrogens with one attached hydrogen (secondary N) is 2. The summed E-state index contributed by atoms with van der Waals surface area (Å²) < 4.78 is 13.3. The maximum atomic E-state index is 13.3. The fourth-order valence-corrected chi connectivity index (χ4v) is 3.04. The van der Waals surface area contributed by atoms with Gasteiger partial charge in [0.2, 0.25) is 5.95 Å². The van der Waals surface area contributed by atoms with Crippen LogP contribution in [0, 0.1) is 5.82 Å². The molecule has 1 aliphatic rings. The van der Waals surface area contributed by atoms with Crippen molar-refractivity contribution in [2.24, 2.45) is 11.5 Å². The number of rotatable bonds is 5. The van der Waals surface area contributed by atoms with Crippen LogP contribution >= 0.6 is 11.6 Å². The quantitative estimate of drug-likeness (QED) is 0.625. The third kappa shape index (κ3) is 4.17. The van der Waals surface area contributed by atoms with E-state index in [9.17, 15) is 9.18 Å². The second-order valence-corrected chi connectivity index (χ2v) is 6.56. The molecule has 8 nitrogen and oxygen atoms in total. The average molecular weight is 380 g/mol. The minimum Gasteiger partial charge on any atom is -0.364 e. The molecule has 26 heavy (non-hydrogen) atoms. The van der Waals surface area contributed by atoms with Gasteiger partial charge in [-0.25, -0.2) is 4.39 Å². The van der Waals surface area contributed by atoms with Crippen LogP contribution in [0.25, 0.3) is 0 Å². The smallest absolute Gasteiger partial charge is 0.273 e. The lowest BCUT2D eigenvalue weighted by Gasteiger charge is -2.29. The minimum atomic E-state index is -0.790. The molecule has 0 unspecified atom stereocenters. The monoisotopic (exact) mass is 379 g/mol. The number of benzene rings is 1. The molecule has 1 fully saturated rings. The Morgan fingerprint density at radius 1 is 1.27 bits per heavy atom. The number of carbonyl (C=O) groups is 1. The third-order valence-electron chi connectivity index (χ3n) is 4.24. The van der Waals surface area contributed by atoms with E-state index in [1.165, 1.54) is 18.2 Å². The van der Waals surface area contributed by atoms with Crippen LogP contribution in [0.1, 0.15) is 36.2 Å².